The normalized spacial score (nSPS) is 17.0. The average Bonchev–Trinajstić information content (AvgIpc) is 3.41. The number of nitrogens with one attached hydrogen (secondary N) is 2. The highest BCUT2D eigenvalue weighted by Crippen LogP contribution is 2.44. The van der Waals surface area contributed by atoms with Crippen molar-refractivity contribution < 1.29 is 9.18 Å². The minimum Gasteiger partial charge on any atom is -0.351 e. The first-order valence-corrected chi connectivity index (χ1v) is 13.4. The zero-order valence-electron chi connectivity index (χ0n) is 22.7. The molecule has 6 nitrogen and oxygen atoms in total. The van der Waals surface area contributed by atoms with Crippen LogP contribution in [0.5, 0.6) is 0 Å². The Balaban J connectivity index is 1.61. The van der Waals surface area contributed by atoms with E-state index in [9.17, 15) is 9.18 Å². The van der Waals surface area contributed by atoms with E-state index >= 15 is 0 Å². The standard InChI is InChI=1S/C31H32FN5OS/c1-18(2)30(38)34-26-14-13-24(16-19(26)3)37-29(28(35-31(37)39)27-8-6-7-15-33-27)25-17-20(4)36(21(25)5)23-11-9-22(32)10-12-23/h6-18,28-29H,1-5H3,(H,34,38)(H,35,39)/t28-,29+/m1/s1. The van der Waals surface area contributed by atoms with E-state index in [2.05, 4.69) is 51.1 Å². The molecule has 1 aliphatic heterocycles. The van der Waals surface area contributed by atoms with E-state index < -0.39 is 0 Å². The molecule has 0 radical (unpaired) electrons. The maximum Gasteiger partial charge on any atom is 0.226 e. The quantitative estimate of drug-likeness (QED) is 0.266. The fourth-order valence-corrected chi connectivity index (χ4v) is 5.58. The van der Waals surface area contributed by atoms with Crippen LogP contribution in [0.1, 0.15) is 54.1 Å². The van der Waals surface area contributed by atoms with Gasteiger partial charge in [0.25, 0.3) is 0 Å². The Hall–Kier alpha value is -4.04. The fraction of sp³-hybridized carbons (Fsp3) is 0.258. The number of rotatable bonds is 6. The van der Waals surface area contributed by atoms with Crippen LogP contribution in [0.2, 0.25) is 0 Å². The number of benzene rings is 2. The fourth-order valence-electron chi connectivity index (χ4n) is 5.24. The van der Waals surface area contributed by atoms with E-state index in [-0.39, 0.29) is 29.7 Å². The van der Waals surface area contributed by atoms with Crippen LogP contribution in [0.15, 0.2) is 72.9 Å². The van der Waals surface area contributed by atoms with Crippen molar-refractivity contribution >= 4 is 34.6 Å². The maximum atomic E-state index is 13.7. The number of carbonyl (C=O) groups excluding carboxylic acids is 1. The minimum atomic E-state index is -0.267. The summed E-state index contributed by atoms with van der Waals surface area (Å²) in [6.07, 6.45) is 1.79. The second-order valence-electron chi connectivity index (χ2n) is 10.3. The van der Waals surface area contributed by atoms with Gasteiger partial charge < -0.3 is 20.1 Å². The molecule has 1 aliphatic rings. The van der Waals surface area contributed by atoms with Gasteiger partial charge in [0.15, 0.2) is 5.11 Å². The number of thiocarbonyl (C=S) groups is 1. The van der Waals surface area contributed by atoms with E-state index in [1.54, 1.807) is 18.3 Å². The first kappa shape index (κ1) is 26.6. The molecule has 2 aromatic carbocycles. The van der Waals surface area contributed by atoms with Crippen molar-refractivity contribution in [2.24, 2.45) is 5.92 Å². The van der Waals surface area contributed by atoms with E-state index in [0.717, 1.165) is 45.3 Å². The number of nitrogens with zero attached hydrogens (tertiary/aromatic N) is 3. The molecule has 0 aliphatic carbocycles. The number of aryl methyl sites for hydroxylation is 2. The lowest BCUT2D eigenvalue weighted by molar-refractivity contribution is -0.118. The van der Waals surface area contributed by atoms with Crippen LogP contribution in [0, 0.1) is 32.5 Å². The molecule has 3 heterocycles. The minimum absolute atomic E-state index is 0.0227. The van der Waals surface area contributed by atoms with Crippen molar-refractivity contribution in [2.45, 2.75) is 46.7 Å². The zero-order valence-corrected chi connectivity index (χ0v) is 23.5. The first-order chi connectivity index (χ1) is 18.7. The summed E-state index contributed by atoms with van der Waals surface area (Å²) in [4.78, 5) is 19.1. The molecule has 4 aromatic rings. The third-order valence-corrected chi connectivity index (χ3v) is 7.56. The molecule has 200 valence electrons. The Morgan fingerprint density at radius 2 is 1.74 bits per heavy atom. The topological polar surface area (TPSA) is 62.2 Å². The number of hydrogen-bond acceptors (Lipinski definition) is 3. The van der Waals surface area contributed by atoms with Crippen molar-refractivity contribution in [1.82, 2.24) is 14.9 Å². The Kier molecular flexibility index (Phi) is 7.23. The van der Waals surface area contributed by atoms with Crippen LogP contribution < -0.4 is 15.5 Å². The Labute approximate surface area is 233 Å². The highest BCUT2D eigenvalue weighted by molar-refractivity contribution is 7.80. The highest BCUT2D eigenvalue weighted by Gasteiger charge is 2.42. The highest BCUT2D eigenvalue weighted by atomic mass is 32.1. The maximum absolute atomic E-state index is 13.7. The number of halogens is 1. The van der Waals surface area contributed by atoms with Crippen LogP contribution in [0.3, 0.4) is 0 Å². The molecule has 39 heavy (non-hydrogen) atoms. The molecule has 1 amide bonds. The second-order valence-corrected chi connectivity index (χ2v) is 10.7. The molecule has 2 N–H and O–H groups in total. The van der Waals surface area contributed by atoms with Gasteiger partial charge >= 0.3 is 0 Å². The summed E-state index contributed by atoms with van der Waals surface area (Å²) in [5.41, 5.74) is 7.60. The van der Waals surface area contributed by atoms with Gasteiger partial charge in [0.05, 0.1) is 17.8 Å². The third-order valence-electron chi connectivity index (χ3n) is 7.24. The zero-order chi connectivity index (χ0) is 27.8. The average molecular weight is 542 g/mol. The summed E-state index contributed by atoms with van der Waals surface area (Å²) in [7, 11) is 0. The molecule has 2 atom stereocenters. The summed E-state index contributed by atoms with van der Waals surface area (Å²) in [6, 6.07) is 20.2. The molecule has 2 aromatic heterocycles. The molecule has 0 bridgehead atoms. The number of anilines is 2. The molecule has 8 heteroatoms. The summed E-state index contributed by atoms with van der Waals surface area (Å²) in [5.74, 6) is -0.401. The van der Waals surface area contributed by atoms with E-state index in [4.69, 9.17) is 12.2 Å². The number of hydrogen-bond donors (Lipinski definition) is 2. The van der Waals surface area contributed by atoms with Gasteiger partial charge in [-0.05, 0) is 105 Å². The molecule has 0 unspecified atom stereocenters. The lowest BCUT2D eigenvalue weighted by Crippen LogP contribution is -2.29. The summed E-state index contributed by atoms with van der Waals surface area (Å²) in [6.45, 7) is 9.86. The lowest BCUT2D eigenvalue weighted by atomic mass is 9.96. The van der Waals surface area contributed by atoms with Crippen molar-refractivity contribution in [2.75, 3.05) is 10.2 Å². The smallest absolute Gasteiger partial charge is 0.226 e. The number of carbonyl (C=O) groups is 1. The van der Waals surface area contributed by atoms with Crippen LogP contribution in [0.25, 0.3) is 5.69 Å². The van der Waals surface area contributed by atoms with E-state index in [0.29, 0.717) is 5.11 Å². The predicted molar refractivity (Wildman–Crippen MR) is 158 cm³/mol. The van der Waals surface area contributed by atoms with Crippen molar-refractivity contribution in [3.63, 3.8) is 0 Å². The monoisotopic (exact) mass is 541 g/mol. The largest absolute Gasteiger partial charge is 0.351 e. The number of pyridine rings is 1. The van der Waals surface area contributed by atoms with Gasteiger partial charge in [0, 0.05) is 40.6 Å². The van der Waals surface area contributed by atoms with Crippen molar-refractivity contribution in [3.8, 4) is 5.69 Å². The van der Waals surface area contributed by atoms with Gasteiger partial charge in [-0.15, -0.1) is 0 Å². The van der Waals surface area contributed by atoms with Crippen LogP contribution in [-0.4, -0.2) is 20.6 Å². The molecular formula is C31H32FN5OS. The molecule has 1 fully saturated rings. The first-order valence-electron chi connectivity index (χ1n) is 13.0. The summed E-state index contributed by atoms with van der Waals surface area (Å²) in [5, 5.41) is 7.13. The number of aromatic nitrogens is 2. The third kappa shape index (κ3) is 5.04. The van der Waals surface area contributed by atoms with E-state index in [1.165, 1.54) is 12.1 Å². The van der Waals surface area contributed by atoms with Crippen molar-refractivity contribution in [3.05, 3.63) is 107 Å². The molecule has 5 rings (SSSR count). The summed E-state index contributed by atoms with van der Waals surface area (Å²) < 4.78 is 15.8. The Bertz CT molecular complexity index is 1530. The van der Waals surface area contributed by atoms with Gasteiger partial charge in [-0.2, -0.15) is 0 Å². The second kappa shape index (κ2) is 10.6. The number of amides is 1. The van der Waals surface area contributed by atoms with Crippen LogP contribution in [0.4, 0.5) is 15.8 Å². The summed E-state index contributed by atoms with van der Waals surface area (Å²) >= 11 is 5.92. The van der Waals surface area contributed by atoms with Gasteiger partial charge in [-0.3, -0.25) is 9.78 Å². The predicted octanol–water partition coefficient (Wildman–Crippen LogP) is 6.71. The molecular weight excluding hydrogens is 509 g/mol. The van der Waals surface area contributed by atoms with Gasteiger partial charge in [0.2, 0.25) is 5.91 Å². The molecule has 0 saturated carbocycles. The Morgan fingerprint density at radius 1 is 1.03 bits per heavy atom. The SMILES string of the molecule is Cc1cc(N2C(=S)N[C@H](c3ccccn3)[C@@H]2c2cc(C)n(-c3ccc(F)cc3)c2C)ccc1NC(=O)C(C)C. The van der Waals surface area contributed by atoms with Gasteiger partial charge in [-0.25, -0.2) is 4.39 Å². The van der Waals surface area contributed by atoms with Gasteiger partial charge in [-0.1, -0.05) is 19.9 Å². The van der Waals surface area contributed by atoms with Crippen LogP contribution in [-0.2, 0) is 4.79 Å². The van der Waals surface area contributed by atoms with E-state index in [1.807, 2.05) is 51.1 Å². The van der Waals surface area contributed by atoms with Crippen LogP contribution >= 0.6 is 12.2 Å². The Morgan fingerprint density at radius 3 is 2.38 bits per heavy atom. The molecule has 1 saturated heterocycles. The lowest BCUT2D eigenvalue weighted by Gasteiger charge is -2.29. The molecule has 0 spiro atoms. The van der Waals surface area contributed by atoms with Crippen molar-refractivity contribution in [1.29, 1.82) is 0 Å². The van der Waals surface area contributed by atoms with Gasteiger partial charge in [0.1, 0.15) is 5.82 Å².